The lowest BCUT2D eigenvalue weighted by molar-refractivity contribution is -0.121. The smallest absolute Gasteiger partial charge is 0.340 e. The third kappa shape index (κ3) is 3.58. The van der Waals surface area contributed by atoms with E-state index in [9.17, 15) is 18.0 Å². The number of rotatable bonds is 7. The molecule has 0 spiro atoms. The van der Waals surface area contributed by atoms with E-state index in [-0.39, 0.29) is 12.2 Å². The van der Waals surface area contributed by atoms with Gasteiger partial charge in [-0.05, 0) is 13.8 Å². The summed E-state index contributed by atoms with van der Waals surface area (Å²) in [7, 11) is -4.17. The molecule has 10 heteroatoms. The SMILES string of the molecule is CCNC(=O)CN(CC)S(=O)(=O)c1n[nH]c(C)c1C(=O)O. The first kappa shape index (κ1) is 17.1. The number of aromatic carboxylic acids is 1. The fourth-order valence-corrected chi connectivity index (χ4v) is 3.28. The molecular formula is C11H18N4O5S. The molecule has 9 nitrogen and oxygen atoms in total. The predicted molar refractivity (Wildman–Crippen MR) is 73.4 cm³/mol. The third-order valence-corrected chi connectivity index (χ3v) is 4.61. The second kappa shape index (κ2) is 6.68. The lowest BCUT2D eigenvalue weighted by Crippen LogP contribution is -2.41. The number of hydrogen-bond donors (Lipinski definition) is 3. The Bertz CT molecular complexity index is 637. The molecule has 0 aliphatic heterocycles. The second-order valence-corrected chi connectivity index (χ2v) is 6.07. The molecule has 118 valence electrons. The van der Waals surface area contributed by atoms with Crippen molar-refractivity contribution >= 4 is 21.9 Å². The van der Waals surface area contributed by atoms with Crippen LogP contribution >= 0.6 is 0 Å². The highest BCUT2D eigenvalue weighted by atomic mass is 32.2. The quantitative estimate of drug-likeness (QED) is 0.624. The number of aryl methyl sites for hydroxylation is 1. The lowest BCUT2D eigenvalue weighted by atomic mass is 10.3. The van der Waals surface area contributed by atoms with E-state index in [2.05, 4.69) is 15.5 Å². The largest absolute Gasteiger partial charge is 0.478 e. The number of hydrogen-bond acceptors (Lipinski definition) is 5. The Balaban J connectivity index is 3.20. The maximum Gasteiger partial charge on any atom is 0.340 e. The van der Waals surface area contributed by atoms with E-state index in [1.165, 1.54) is 6.92 Å². The number of carbonyl (C=O) groups excluding carboxylic acids is 1. The molecule has 0 aliphatic carbocycles. The van der Waals surface area contributed by atoms with Crippen LogP contribution in [0.1, 0.15) is 29.9 Å². The Hall–Kier alpha value is -1.94. The van der Waals surface area contributed by atoms with Gasteiger partial charge in [0.25, 0.3) is 10.0 Å². The Morgan fingerprint density at radius 2 is 2.00 bits per heavy atom. The van der Waals surface area contributed by atoms with E-state index >= 15 is 0 Å². The number of nitrogens with zero attached hydrogens (tertiary/aromatic N) is 2. The third-order valence-electron chi connectivity index (χ3n) is 2.76. The maximum atomic E-state index is 12.4. The molecule has 0 aromatic carbocycles. The van der Waals surface area contributed by atoms with Gasteiger partial charge in [-0.25, -0.2) is 13.2 Å². The topological polar surface area (TPSA) is 132 Å². The van der Waals surface area contributed by atoms with Gasteiger partial charge in [-0.15, -0.1) is 0 Å². The number of sulfonamides is 1. The van der Waals surface area contributed by atoms with Gasteiger partial charge in [-0.3, -0.25) is 9.89 Å². The number of likely N-dealkylation sites (N-methyl/N-ethyl adjacent to an activating group) is 2. The van der Waals surface area contributed by atoms with Crippen molar-refractivity contribution in [1.82, 2.24) is 19.8 Å². The van der Waals surface area contributed by atoms with Gasteiger partial charge < -0.3 is 10.4 Å². The Morgan fingerprint density at radius 1 is 1.38 bits per heavy atom. The molecule has 1 aromatic rings. The normalized spacial score (nSPS) is 11.6. The van der Waals surface area contributed by atoms with Crippen molar-refractivity contribution < 1.29 is 23.1 Å². The number of carbonyl (C=O) groups is 2. The van der Waals surface area contributed by atoms with Gasteiger partial charge in [0, 0.05) is 18.8 Å². The molecule has 1 amide bonds. The van der Waals surface area contributed by atoms with Gasteiger partial charge in [0.05, 0.1) is 6.54 Å². The van der Waals surface area contributed by atoms with E-state index in [1.54, 1.807) is 13.8 Å². The van der Waals surface area contributed by atoms with Crippen molar-refractivity contribution in [2.45, 2.75) is 25.8 Å². The molecule has 0 bridgehead atoms. The number of amides is 1. The van der Waals surface area contributed by atoms with Gasteiger partial charge in [0.1, 0.15) is 5.56 Å². The molecule has 0 radical (unpaired) electrons. The minimum absolute atomic E-state index is 0.0183. The van der Waals surface area contributed by atoms with Gasteiger partial charge in [-0.2, -0.15) is 9.40 Å². The summed E-state index contributed by atoms with van der Waals surface area (Å²) in [5.74, 6) is -1.86. The summed E-state index contributed by atoms with van der Waals surface area (Å²) in [5, 5.41) is 16.9. The van der Waals surface area contributed by atoms with Crippen molar-refractivity contribution in [2.75, 3.05) is 19.6 Å². The predicted octanol–water partition coefficient (Wildman–Crippen LogP) is -0.437. The summed E-state index contributed by atoms with van der Waals surface area (Å²) < 4.78 is 25.8. The first-order chi connectivity index (χ1) is 9.75. The molecule has 1 heterocycles. The number of aromatic amines is 1. The Labute approximate surface area is 122 Å². The summed E-state index contributed by atoms with van der Waals surface area (Å²) in [4.78, 5) is 22.7. The number of carboxylic acid groups (broad SMARTS) is 1. The lowest BCUT2D eigenvalue weighted by Gasteiger charge is -2.18. The van der Waals surface area contributed by atoms with Crippen molar-refractivity contribution in [3.63, 3.8) is 0 Å². The molecule has 0 fully saturated rings. The standard InChI is InChI=1S/C11H18N4O5S/c1-4-12-8(16)6-15(5-2)21(19,20)10-9(11(17)18)7(3)13-14-10/h4-6H2,1-3H3,(H,12,16)(H,13,14)(H,17,18). The molecule has 21 heavy (non-hydrogen) atoms. The van der Waals surface area contributed by atoms with Crippen LogP contribution < -0.4 is 5.32 Å². The van der Waals surface area contributed by atoms with Gasteiger partial charge in [0.2, 0.25) is 10.9 Å². The maximum absolute atomic E-state index is 12.4. The molecular weight excluding hydrogens is 300 g/mol. The average Bonchev–Trinajstić information content (AvgIpc) is 2.78. The molecule has 1 rings (SSSR count). The monoisotopic (exact) mass is 318 g/mol. The van der Waals surface area contributed by atoms with E-state index < -0.39 is 39.0 Å². The number of nitrogens with one attached hydrogen (secondary N) is 2. The van der Waals surface area contributed by atoms with Crippen LogP contribution in [-0.2, 0) is 14.8 Å². The van der Waals surface area contributed by atoms with Crippen LogP contribution in [0.3, 0.4) is 0 Å². The highest BCUT2D eigenvalue weighted by Gasteiger charge is 2.33. The minimum Gasteiger partial charge on any atom is -0.478 e. The number of aromatic nitrogens is 2. The summed E-state index contributed by atoms with van der Waals surface area (Å²) in [5.41, 5.74) is -0.278. The van der Waals surface area contributed by atoms with Crippen molar-refractivity contribution in [2.24, 2.45) is 0 Å². The zero-order valence-electron chi connectivity index (χ0n) is 12.0. The molecule has 0 saturated carbocycles. The van der Waals surface area contributed by atoms with E-state index in [4.69, 9.17) is 5.11 Å². The average molecular weight is 318 g/mol. The van der Waals surface area contributed by atoms with Crippen LogP contribution in [0.4, 0.5) is 0 Å². The van der Waals surface area contributed by atoms with E-state index in [0.29, 0.717) is 6.54 Å². The molecule has 0 atom stereocenters. The van der Waals surface area contributed by atoms with Gasteiger partial charge in [-0.1, -0.05) is 6.92 Å². The molecule has 0 aliphatic rings. The van der Waals surface area contributed by atoms with Crippen LogP contribution in [0.5, 0.6) is 0 Å². The fourth-order valence-electron chi connectivity index (χ4n) is 1.75. The first-order valence-electron chi connectivity index (χ1n) is 6.30. The summed E-state index contributed by atoms with van der Waals surface area (Å²) in [6.07, 6.45) is 0. The zero-order valence-corrected chi connectivity index (χ0v) is 12.8. The van der Waals surface area contributed by atoms with Crippen molar-refractivity contribution in [3.8, 4) is 0 Å². The van der Waals surface area contributed by atoms with Crippen molar-refractivity contribution in [1.29, 1.82) is 0 Å². The summed E-state index contributed by atoms with van der Waals surface area (Å²) in [6, 6.07) is 0. The number of H-pyrrole nitrogens is 1. The second-order valence-electron chi connectivity index (χ2n) is 4.22. The van der Waals surface area contributed by atoms with Gasteiger partial charge >= 0.3 is 5.97 Å². The van der Waals surface area contributed by atoms with Crippen LogP contribution in [0.2, 0.25) is 0 Å². The summed E-state index contributed by atoms with van der Waals surface area (Å²) >= 11 is 0. The van der Waals surface area contributed by atoms with Gasteiger partial charge in [0.15, 0.2) is 0 Å². The highest BCUT2D eigenvalue weighted by molar-refractivity contribution is 7.89. The van der Waals surface area contributed by atoms with Crippen LogP contribution in [-0.4, -0.2) is 59.5 Å². The molecule has 0 unspecified atom stereocenters. The zero-order chi connectivity index (χ0) is 16.2. The van der Waals surface area contributed by atoms with E-state index in [1.807, 2.05) is 0 Å². The van der Waals surface area contributed by atoms with E-state index in [0.717, 1.165) is 4.31 Å². The Morgan fingerprint density at radius 3 is 2.48 bits per heavy atom. The minimum atomic E-state index is -4.17. The summed E-state index contributed by atoms with van der Waals surface area (Å²) in [6.45, 7) is 4.68. The first-order valence-corrected chi connectivity index (χ1v) is 7.74. The van der Waals surface area contributed by atoms with Crippen molar-refractivity contribution in [3.05, 3.63) is 11.3 Å². The van der Waals surface area contributed by atoms with Crippen LogP contribution in [0.25, 0.3) is 0 Å². The fraction of sp³-hybridized carbons (Fsp3) is 0.545. The molecule has 0 saturated heterocycles. The van der Waals surface area contributed by atoms with Crippen LogP contribution in [0, 0.1) is 6.92 Å². The number of carboxylic acids is 1. The molecule has 1 aromatic heterocycles. The molecule has 3 N–H and O–H groups in total. The van der Waals surface area contributed by atoms with Crippen LogP contribution in [0.15, 0.2) is 5.03 Å². The Kier molecular flexibility index (Phi) is 5.44. The highest BCUT2D eigenvalue weighted by Crippen LogP contribution is 2.20.